The number of benzene rings is 1. The summed E-state index contributed by atoms with van der Waals surface area (Å²) in [6, 6.07) is 9.29. The van der Waals surface area contributed by atoms with Crippen LogP contribution in [-0.4, -0.2) is 42.0 Å². The molecule has 1 aromatic carbocycles. The minimum atomic E-state index is 0.101. The largest absolute Gasteiger partial charge is 0.326 e. The van der Waals surface area contributed by atoms with Crippen molar-refractivity contribution in [3.05, 3.63) is 29.8 Å². The van der Waals surface area contributed by atoms with Crippen LogP contribution in [0.25, 0.3) is 0 Å². The summed E-state index contributed by atoms with van der Waals surface area (Å²) in [5, 5.41) is 6.64. The monoisotopic (exact) mass is 317 g/mol. The molecule has 2 N–H and O–H groups in total. The number of nitrogens with one attached hydrogen (secondary N) is 2. The van der Waals surface area contributed by atoms with Gasteiger partial charge >= 0.3 is 0 Å². The Hall–Kier alpha value is -1.39. The number of anilines is 1. The van der Waals surface area contributed by atoms with Gasteiger partial charge < -0.3 is 10.6 Å². The number of nitrogens with zero attached hydrogens (tertiary/aromatic N) is 1. The van der Waals surface area contributed by atoms with Gasteiger partial charge in [-0.05, 0) is 38.3 Å². The zero-order chi connectivity index (χ0) is 17.0. The van der Waals surface area contributed by atoms with E-state index < -0.39 is 0 Å². The third-order valence-electron chi connectivity index (χ3n) is 4.55. The molecule has 1 aliphatic rings. The number of rotatable bonds is 5. The van der Waals surface area contributed by atoms with Crippen molar-refractivity contribution in [3.63, 3.8) is 0 Å². The highest BCUT2D eigenvalue weighted by atomic mass is 16.1. The van der Waals surface area contributed by atoms with Crippen molar-refractivity contribution in [2.75, 3.05) is 18.4 Å². The van der Waals surface area contributed by atoms with Crippen LogP contribution in [0.5, 0.6) is 0 Å². The Morgan fingerprint density at radius 1 is 1.22 bits per heavy atom. The molecule has 128 valence electrons. The van der Waals surface area contributed by atoms with Crippen LogP contribution in [0.15, 0.2) is 24.3 Å². The van der Waals surface area contributed by atoms with Crippen LogP contribution in [0, 0.1) is 0 Å². The lowest BCUT2D eigenvalue weighted by Crippen LogP contribution is -2.56. The normalized spacial score (nSPS) is 23.7. The molecule has 3 atom stereocenters. The van der Waals surface area contributed by atoms with Crippen molar-refractivity contribution < 1.29 is 4.79 Å². The smallest absolute Gasteiger partial charge is 0.225 e. The van der Waals surface area contributed by atoms with Crippen LogP contribution in [0.4, 0.5) is 5.69 Å². The highest BCUT2D eigenvalue weighted by Gasteiger charge is 2.26. The maximum atomic E-state index is 12.4. The van der Waals surface area contributed by atoms with Crippen molar-refractivity contribution in [3.8, 4) is 0 Å². The molecule has 23 heavy (non-hydrogen) atoms. The number of para-hydroxylation sites is 1. The molecule has 2 rings (SSSR count). The van der Waals surface area contributed by atoms with Gasteiger partial charge in [0.2, 0.25) is 5.91 Å². The van der Waals surface area contributed by atoms with Gasteiger partial charge in [0, 0.05) is 43.3 Å². The molecule has 0 aromatic heterocycles. The third kappa shape index (κ3) is 5.05. The Morgan fingerprint density at radius 2 is 1.83 bits per heavy atom. The molecule has 1 aliphatic heterocycles. The zero-order valence-corrected chi connectivity index (χ0v) is 15.1. The summed E-state index contributed by atoms with van der Waals surface area (Å²) in [5.74, 6) is 0.503. The van der Waals surface area contributed by atoms with E-state index in [1.807, 2.05) is 18.2 Å². The Bertz CT molecular complexity index is 519. The van der Waals surface area contributed by atoms with Gasteiger partial charge in [-0.1, -0.05) is 32.0 Å². The summed E-state index contributed by atoms with van der Waals surface area (Å²) >= 11 is 0. The lowest BCUT2D eigenvalue weighted by Gasteiger charge is -2.39. The predicted octanol–water partition coefficient (Wildman–Crippen LogP) is 3.21. The maximum absolute atomic E-state index is 12.4. The fourth-order valence-electron chi connectivity index (χ4n) is 3.44. The summed E-state index contributed by atoms with van der Waals surface area (Å²) in [6.07, 6.45) is 0.534. The summed E-state index contributed by atoms with van der Waals surface area (Å²) in [6.45, 7) is 12.9. The molecule has 0 radical (unpaired) electrons. The molecule has 1 fully saturated rings. The van der Waals surface area contributed by atoms with E-state index in [1.54, 1.807) is 0 Å². The zero-order valence-electron chi connectivity index (χ0n) is 15.1. The van der Waals surface area contributed by atoms with Gasteiger partial charge in [-0.2, -0.15) is 0 Å². The van der Waals surface area contributed by atoms with Gasteiger partial charge in [0.1, 0.15) is 0 Å². The first-order valence-corrected chi connectivity index (χ1v) is 8.75. The van der Waals surface area contributed by atoms with E-state index in [9.17, 15) is 4.79 Å². The van der Waals surface area contributed by atoms with Crippen LogP contribution in [0.3, 0.4) is 0 Å². The Labute approximate surface area is 140 Å². The summed E-state index contributed by atoms with van der Waals surface area (Å²) in [7, 11) is 0. The minimum Gasteiger partial charge on any atom is -0.326 e. The number of hydrogen-bond acceptors (Lipinski definition) is 3. The third-order valence-corrected chi connectivity index (χ3v) is 4.55. The highest BCUT2D eigenvalue weighted by molar-refractivity contribution is 5.92. The molecule has 1 aromatic rings. The number of carbonyl (C=O) groups excluding carboxylic acids is 1. The minimum absolute atomic E-state index is 0.101. The van der Waals surface area contributed by atoms with Gasteiger partial charge in [-0.3, -0.25) is 9.69 Å². The van der Waals surface area contributed by atoms with Gasteiger partial charge in [-0.25, -0.2) is 0 Å². The van der Waals surface area contributed by atoms with E-state index in [-0.39, 0.29) is 11.9 Å². The molecule has 0 spiro atoms. The van der Waals surface area contributed by atoms with Gasteiger partial charge in [0.25, 0.3) is 0 Å². The second-order valence-corrected chi connectivity index (χ2v) is 7.27. The first kappa shape index (κ1) is 18.0. The average Bonchev–Trinajstić information content (AvgIpc) is 2.46. The quantitative estimate of drug-likeness (QED) is 0.876. The summed E-state index contributed by atoms with van der Waals surface area (Å²) in [5.41, 5.74) is 2.14. The molecule has 1 amide bonds. The van der Waals surface area contributed by atoms with Gasteiger partial charge in [0.05, 0.1) is 0 Å². The summed E-state index contributed by atoms with van der Waals surface area (Å²) in [4.78, 5) is 14.9. The van der Waals surface area contributed by atoms with Gasteiger partial charge in [0.15, 0.2) is 0 Å². The maximum Gasteiger partial charge on any atom is 0.225 e. The molecule has 0 bridgehead atoms. The topological polar surface area (TPSA) is 44.4 Å². The lowest BCUT2D eigenvalue weighted by molar-refractivity contribution is -0.117. The SMILES string of the molecule is CC1CN(C(C)CC(=O)Nc2ccccc2C(C)C)CC(C)N1. The number of carbonyl (C=O) groups is 1. The van der Waals surface area contributed by atoms with Crippen molar-refractivity contribution in [1.82, 2.24) is 10.2 Å². The Balaban J connectivity index is 1.94. The lowest BCUT2D eigenvalue weighted by atomic mass is 10.0. The Kier molecular flexibility index (Phi) is 6.19. The van der Waals surface area contributed by atoms with E-state index in [2.05, 4.69) is 56.2 Å². The molecule has 1 heterocycles. The van der Waals surface area contributed by atoms with Crippen LogP contribution < -0.4 is 10.6 Å². The van der Waals surface area contributed by atoms with E-state index >= 15 is 0 Å². The van der Waals surface area contributed by atoms with Crippen LogP contribution in [0.1, 0.15) is 52.5 Å². The molecule has 0 aliphatic carbocycles. The first-order chi connectivity index (χ1) is 10.9. The summed E-state index contributed by atoms with van der Waals surface area (Å²) < 4.78 is 0. The van der Waals surface area contributed by atoms with E-state index in [1.165, 1.54) is 5.56 Å². The number of piperazine rings is 1. The van der Waals surface area contributed by atoms with Crippen LogP contribution in [-0.2, 0) is 4.79 Å². The van der Waals surface area contributed by atoms with Gasteiger partial charge in [-0.15, -0.1) is 0 Å². The highest BCUT2D eigenvalue weighted by Crippen LogP contribution is 2.24. The van der Waals surface area contributed by atoms with Crippen LogP contribution >= 0.6 is 0 Å². The van der Waals surface area contributed by atoms with E-state index in [0.29, 0.717) is 24.4 Å². The van der Waals surface area contributed by atoms with Crippen molar-refractivity contribution >= 4 is 11.6 Å². The van der Waals surface area contributed by atoms with E-state index in [0.717, 1.165) is 18.8 Å². The Morgan fingerprint density at radius 3 is 2.43 bits per heavy atom. The second kappa shape index (κ2) is 7.93. The molecule has 3 unspecified atom stereocenters. The predicted molar refractivity (Wildman–Crippen MR) is 96.9 cm³/mol. The average molecular weight is 317 g/mol. The van der Waals surface area contributed by atoms with E-state index in [4.69, 9.17) is 0 Å². The number of hydrogen-bond donors (Lipinski definition) is 2. The molecule has 0 saturated carbocycles. The fraction of sp³-hybridized carbons (Fsp3) is 0.632. The van der Waals surface area contributed by atoms with Crippen molar-refractivity contribution in [2.45, 2.75) is 65.1 Å². The van der Waals surface area contributed by atoms with Crippen molar-refractivity contribution in [1.29, 1.82) is 0 Å². The molecular weight excluding hydrogens is 286 g/mol. The van der Waals surface area contributed by atoms with Crippen molar-refractivity contribution in [2.24, 2.45) is 0 Å². The molecular formula is C19H31N3O. The molecule has 1 saturated heterocycles. The standard InChI is InChI=1S/C19H31N3O/c1-13(2)17-8-6-7-9-18(17)21-19(23)10-16(5)22-11-14(3)20-15(4)12-22/h6-9,13-16,20H,10-12H2,1-5H3,(H,21,23). The molecule has 4 heteroatoms. The molecule has 4 nitrogen and oxygen atoms in total. The fourth-order valence-corrected chi connectivity index (χ4v) is 3.44. The number of amides is 1. The van der Waals surface area contributed by atoms with Crippen LogP contribution in [0.2, 0.25) is 0 Å². The first-order valence-electron chi connectivity index (χ1n) is 8.75. The second-order valence-electron chi connectivity index (χ2n) is 7.27.